The fourth-order valence-electron chi connectivity index (χ4n) is 7.50. The minimum absolute atomic E-state index is 0.136. The highest BCUT2D eigenvalue weighted by molar-refractivity contribution is 5.97. The first-order valence-corrected chi connectivity index (χ1v) is 11.4. The first kappa shape index (κ1) is 19.0. The predicted molar refractivity (Wildman–Crippen MR) is 115 cm³/mol. The molecule has 0 bridgehead atoms. The van der Waals surface area contributed by atoms with Crippen LogP contribution >= 0.6 is 0 Å². The Morgan fingerprint density at radius 1 is 1.10 bits per heavy atom. The molecule has 0 aromatic carbocycles. The Balaban J connectivity index is 1.35. The summed E-state index contributed by atoms with van der Waals surface area (Å²) in [7, 11) is 0. The van der Waals surface area contributed by atoms with E-state index in [0.717, 1.165) is 30.1 Å². The number of nitrogens with zero attached hydrogens (tertiary/aromatic N) is 2. The fraction of sp³-hybridized carbons (Fsp3) is 0.640. The van der Waals surface area contributed by atoms with Crippen LogP contribution in [0.15, 0.2) is 41.8 Å². The summed E-state index contributed by atoms with van der Waals surface area (Å²) >= 11 is 0. The van der Waals surface area contributed by atoms with Crippen molar-refractivity contribution in [1.29, 1.82) is 0 Å². The van der Waals surface area contributed by atoms with Crippen LogP contribution in [0.2, 0.25) is 0 Å². The molecule has 6 atom stereocenters. The number of hydrogen-bond donors (Lipinski definition) is 1. The maximum absolute atomic E-state index is 12.4. The van der Waals surface area contributed by atoms with Crippen LogP contribution in [0.4, 0.5) is 0 Å². The van der Waals surface area contributed by atoms with Gasteiger partial charge < -0.3 is 0 Å². The molecule has 4 aliphatic rings. The van der Waals surface area contributed by atoms with Crippen LogP contribution in [0.1, 0.15) is 75.6 Å². The van der Waals surface area contributed by atoms with Gasteiger partial charge in [-0.2, -0.15) is 5.10 Å². The van der Waals surface area contributed by atoms with E-state index in [1.807, 2.05) is 0 Å². The first-order chi connectivity index (χ1) is 14.0. The monoisotopic (exact) mass is 391 g/mol. The summed E-state index contributed by atoms with van der Waals surface area (Å²) in [6, 6.07) is 3.47. The number of aromatic nitrogens is 1. The van der Waals surface area contributed by atoms with Crippen LogP contribution < -0.4 is 5.43 Å². The molecule has 0 unspecified atom stereocenters. The van der Waals surface area contributed by atoms with Crippen LogP contribution in [-0.2, 0) is 0 Å². The molecule has 4 heteroatoms. The summed E-state index contributed by atoms with van der Waals surface area (Å²) in [6.45, 7) is 5.01. The van der Waals surface area contributed by atoms with Gasteiger partial charge in [-0.1, -0.05) is 26.0 Å². The van der Waals surface area contributed by atoms with Crippen LogP contribution in [0, 0.1) is 34.5 Å². The highest BCUT2D eigenvalue weighted by Crippen LogP contribution is 2.64. The molecule has 5 rings (SSSR count). The Labute approximate surface area is 174 Å². The van der Waals surface area contributed by atoms with E-state index in [0.29, 0.717) is 11.0 Å². The number of rotatable bonds is 2. The molecule has 0 spiro atoms. The summed E-state index contributed by atoms with van der Waals surface area (Å²) < 4.78 is 0. The number of nitrogens with one attached hydrogen (secondary N) is 1. The average molecular weight is 392 g/mol. The largest absolute Gasteiger partial charge is 0.271 e. The Hall–Kier alpha value is -1.97. The second-order valence-corrected chi connectivity index (χ2v) is 10.3. The molecule has 0 radical (unpaired) electrons. The molecule has 29 heavy (non-hydrogen) atoms. The van der Waals surface area contributed by atoms with Gasteiger partial charge in [-0.05, 0) is 92.6 Å². The maximum Gasteiger partial charge on any atom is 0.271 e. The van der Waals surface area contributed by atoms with Crippen molar-refractivity contribution in [2.75, 3.05) is 0 Å². The van der Waals surface area contributed by atoms with Crippen LogP contribution in [0.25, 0.3) is 0 Å². The van der Waals surface area contributed by atoms with Crippen LogP contribution in [0.3, 0.4) is 0 Å². The third-order valence-electron chi connectivity index (χ3n) is 9.19. The molecule has 0 aliphatic heterocycles. The lowest BCUT2D eigenvalue weighted by Gasteiger charge is -2.59. The second kappa shape index (κ2) is 7.07. The van der Waals surface area contributed by atoms with Gasteiger partial charge >= 0.3 is 0 Å². The van der Waals surface area contributed by atoms with Crippen molar-refractivity contribution in [1.82, 2.24) is 10.4 Å². The number of fused-ring (bicyclic) bond motifs is 5. The highest BCUT2D eigenvalue weighted by Gasteiger charge is 2.58. The van der Waals surface area contributed by atoms with E-state index < -0.39 is 0 Å². The van der Waals surface area contributed by atoms with Gasteiger partial charge in [0.25, 0.3) is 5.91 Å². The lowest BCUT2D eigenvalue weighted by Crippen LogP contribution is -2.52. The molecule has 4 aliphatic carbocycles. The Morgan fingerprint density at radius 3 is 2.76 bits per heavy atom. The van der Waals surface area contributed by atoms with E-state index in [2.05, 4.69) is 41.5 Å². The molecule has 1 heterocycles. The third-order valence-corrected chi connectivity index (χ3v) is 9.19. The van der Waals surface area contributed by atoms with Gasteiger partial charge in [0.1, 0.15) is 0 Å². The summed E-state index contributed by atoms with van der Waals surface area (Å²) in [5.41, 5.74) is 5.32. The maximum atomic E-state index is 12.4. The number of pyridine rings is 1. The quantitative estimate of drug-likeness (QED) is 0.544. The molecule has 1 aromatic rings. The van der Waals surface area contributed by atoms with Gasteiger partial charge in [0, 0.05) is 29.1 Å². The summed E-state index contributed by atoms with van der Waals surface area (Å²) in [4.78, 5) is 16.4. The summed E-state index contributed by atoms with van der Waals surface area (Å²) in [5.74, 6) is 3.15. The molecule has 154 valence electrons. The van der Waals surface area contributed by atoms with Crippen LogP contribution in [-0.4, -0.2) is 16.6 Å². The molecule has 1 aromatic heterocycles. The average Bonchev–Trinajstić information content (AvgIpc) is 3.08. The van der Waals surface area contributed by atoms with Gasteiger partial charge in [-0.15, -0.1) is 0 Å². The van der Waals surface area contributed by atoms with E-state index in [9.17, 15) is 4.79 Å². The van der Waals surface area contributed by atoms with Crippen molar-refractivity contribution in [3.05, 3.63) is 42.2 Å². The van der Waals surface area contributed by atoms with Gasteiger partial charge in [0.05, 0.1) is 0 Å². The molecule has 3 saturated carbocycles. The van der Waals surface area contributed by atoms with Gasteiger partial charge in [0.15, 0.2) is 0 Å². The Bertz CT molecular complexity index is 847. The SMILES string of the molecule is C[C@]12CC=CC[C@@H]1CC[C@H]1[C@@H]2CC[C@]2(C)C(=NNC(=O)c3ccncc3)CC[C@@H]12. The minimum atomic E-state index is -0.136. The fourth-order valence-corrected chi connectivity index (χ4v) is 7.50. The molecule has 1 N–H and O–H groups in total. The van der Waals surface area contributed by atoms with Gasteiger partial charge in [-0.3, -0.25) is 9.78 Å². The van der Waals surface area contributed by atoms with Crippen LogP contribution in [0.5, 0.6) is 0 Å². The zero-order valence-corrected chi connectivity index (χ0v) is 17.7. The van der Waals surface area contributed by atoms with E-state index in [1.54, 1.807) is 24.5 Å². The molecule has 4 nitrogen and oxygen atoms in total. The third kappa shape index (κ3) is 2.98. The lowest BCUT2D eigenvalue weighted by atomic mass is 9.46. The van der Waals surface area contributed by atoms with E-state index in [1.165, 1.54) is 50.7 Å². The molecule has 0 saturated heterocycles. The summed E-state index contributed by atoms with van der Waals surface area (Å²) in [6.07, 6.45) is 18.3. The Kier molecular flexibility index (Phi) is 4.64. The zero-order valence-electron chi connectivity index (χ0n) is 17.7. The number of allylic oxidation sites excluding steroid dienone is 2. The molecular weight excluding hydrogens is 358 g/mol. The normalized spacial score (nSPS) is 42.1. The molecule has 3 fully saturated rings. The van der Waals surface area contributed by atoms with Gasteiger partial charge in [0.2, 0.25) is 0 Å². The number of carbonyl (C=O) groups is 1. The van der Waals surface area contributed by atoms with Crippen molar-refractivity contribution in [3.8, 4) is 0 Å². The number of carbonyl (C=O) groups excluding carboxylic acids is 1. The van der Waals surface area contributed by atoms with E-state index in [-0.39, 0.29) is 11.3 Å². The van der Waals surface area contributed by atoms with E-state index >= 15 is 0 Å². The van der Waals surface area contributed by atoms with Gasteiger partial charge in [-0.25, -0.2) is 5.43 Å². The first-order valence-electron chi connectivity index (χ1n) is 11.4. The Morgan fingerprint density at radius 2 is 1.93 bits per heavy atom. The number of hydrazone groups is 1. The second-order valence-electron chi connectivity index (χ2n) is 10.3. The zero-order chi connectivity index (χ0) is 20.1. The minimum Gasteiger partial charge on any atom is -0.267 e. The van der Waals surface area contributed by atoms with Crippen molar-refractivity contribution in [3.63, 3.8) is 0 Å². The number of amides is 1. The highest BCUT2D eigenvalue weighted by atomic mass is 16.2. The molecular formula is C25H33N3O. The summed E-state index contributed by atoms with van der Waals surface area (Å²) in [5, 5.41) is 4.68. The van der Waals surface area contributed by atoms with E-state index in [4.69, 9.17) is 0 Å². The van der Waals surface area contributed by atoms with Crippen molar-refractivity contribution >= 4 is 11.6 Å². The van der Waals surface area contributed by atoms with Crippen molar-refractivity contribution in [2.24, 2.45) is 39.6 Å². The molecule has 1 amide bonds. The standard InChI is InChI=1S/C25H33N3O/c1-24-13-4-3-5-18(24)6-7-19-20-8-9-22(25(20,2)14-10-21(19)24)27-28-23(29)17-11-15-26-16-12-17/h3-4,11-12,15-16,18-21H,5-10,13-14H2,1-2H3,(H,28,29)/t18-,19-,20+,21+,24+,25+/m1/s1. The lowest BCUT2D eigenvalue weighted by molar-refractivity contribution is -0.0761. The van der Waals surface area contributed by atoms with Crippen molar-refractivity contribution in [2.45, 2.75) is 65.2 Å². The smallest absolute Gasteiger partial charge is 0.267 e. The topological polar surface area (TPSA) is 54.4 Å². The number of hydrogen-bond acceptors (Lipinski definition) is 3. The van der Waals surface area contributed by atoms with Crippen molar-refractivity contribution < 1.29 is 4.79 Å². The predicted octanol–water partition coefficient (Wildman–Crippen LogP) is 5.38.